The number of anilines is 1. The Hall–Kier alpha value is -4.47. The van der Waals surface area contributed by atoms with Crippen molar-refractivity contribution in [1.82, 2.24) is 35.1 Å². The number of aromatic nitrogens is 7. The minimum atomic E-state index is -4.61. The number of H-pyrrole nitrogens is 1. The molecule has 0 bridgehead atoms. The summed E-state index contributed by atoms with van der Waals surface area (Å²) in [6.07, 6.45) is 1.34. The molecule has 1 saturated carbocycles. The van der Waals surface area contributed by atoms with Crippen LogP contribution in [0.2, 0.25) is 0 Å². The number of rotatable bonds is 7. The van der Waals surface area contributed by atoms with Gasteiger partial charge in [0.1, 0.15) is 11.8 Å². The highest BCUT2D eigenvalue weighted by Crippen LogP contribution is 2.44. The van der Waals surface area contributed by atoms with E-state index in [0.29, 0.717) is 23.4 Å². The average Bonchev–Trinajstić information content (AvgIpc) is 3.61. The molecule has 0 amide bonds. The lowest BCUT2D eigenvalue weighted by Gasteiger charge is -2.28. The van der Waals surface area contributed by atoms with E-state index in [4.69, 9.17) is 0 Å². The molecule has 4 heterocycles. The van der Waals surface area contributed by atoms with Crippen molar-refractivity contribution in [3.63, 3.8) is 0 Å². The number of hydrogen-bond acceptors (Lipinski definition) is 9. The van der Waals surface area contributed by atoms with Gasteiger partial charge in [0, 0.05) is 36.9 Å². The molecular weight excluding hydrogens is 475 g/mol. The van der Waals surface area contributed by atoms with E-state index in [1.807, 2.05) is 18.0 Å². The van der Waals surface area contributed by atoms with Gasteiger partial charge in [-0.15, -0.1) is 10.2 Å². The highest BCUT2D eigenvalue weighted by atomic mass is 19.4. The van der Waals surface area contributed by atoms with E-state index >= 15 is 0 Å². The molecule has 0 aromatic carbocycles. The van der Waals surface area contributed by atoms with E-state index in [0.717, 1.165) is 31.2 Å². The molecule has 2 aromatic heterocycles. The Kier molecular flexibility index (Phi) is 5.79. The number of pyridine rings is 1. The maximum Gasteiger partial charge on any atom is 0.433 e. The summed E-state index contributed by atoms with van der Waals surface area (Å²) in [5.41, 5.74) is -0.512. The highest BCUT2D eigenvalue weighted by Gasteiger charge is 2.38. The lowest BCUT2D eigenvalue weighted by molar-refractivity contribution is -0.141. The Balaban J connectivity index is 1.51. The van der Waals surface area contributed by atoms with E-state index in [9.17, 15) is 23.2 Å². The van der Waals surface area contributed by atoms with Gasteiger partial charge in [-0.25, -0.2) is 9.97 Å². The molecule has 2 aliphatic heterocycles. The molecule has 1 fully saturated rings. The SMILES string of the molecule is CN(c1nc2nnc(C#N)c-2c(CC(=O)c2ccc(C(F)(F)F)nc2)[nH]1)C(c1ncccn1)C1CC1. The Morgan fingerprint density at radius 3 is 2.58 bits per heavy atom. The molecule has 1 N–H and O–H groups in total. The molecule has 0 saturated heterocycles. The number of Topliss-reactive ketones (excluding diaryl/α,β-unsaturated/α-hetero) is 1. The number of carbonyl (C=O) groups is 1. The van der Waals surface area contributed by atoms with Gasteiger partial charge in [0.2, 0.25) is 5.95 Å². The molecule has 1 unspecified atom stereocenters. The van der Waals surface area contributed by atoms with Crippen molar-refractivity contribution in [3.8, 4) is 17.5 Å². The van der Waals surface area contributed by atoms with Crippen molar-refractivity contribution < 1.29 is 18.0 Å². The highest BCUT2D eigenvalue weighted by molar-refractivity contribution is 5.98. The van der Waals surface area contributed by atoms with Gasteiger partial charge in [0.25, 0.3) is 0 Å². The minimum absolute atomic E-state index is 0.00390. The minimum Gasteiger partial charge on any atom is -0.335 e. The normalized spacial score (nSPS) is 14.4. The van der Waals surface area contributed by atoms with E-state index in [2.05, 4.69) is 35.1 Å². The molecule has 182 valence electrons. The van der Waals surface area contributed by atoms with E-state index in [-0.39, 0.29) is 35.1 Å². The van der Waals surface area contributed by atoms with Crippen molar-refractivity contribution >= 4 is 11.7 Å². The van der Waals surface area contributed by atoms with Crippen LogP contribution in [-0.4, -0.2) is 47.9 Å². The predicted molar refractivity (Wildman–Crippen MR) is 119 cm³/mol. The van der Waals surface area contributed by atoms with Gasteiger partial charge < -0.3 is 9.88 Å². The zero-order valence-electron chi connectivity index (χ0n) is 18.9. The number of fused-ring (bicyclic) bond motifs is 1. The summed E-state index contributed by atoms with van der Waals surface area (Å²) >= 11 is 0. The van der Waals surface area contributed by atoms with E-state index in [1.165, 1.54) is 0 Å². The third-order valence-corrected chi connectivity index (χ3v) is 5.97. The topological polar surface area (TPSA) is 137 Å². The molecule has 5 rings (SSSR count). The fourth-order valence-corrected chi connectivity index (χ4v) is 4.06. The molecule has 1 atom stereocenters. The summed E-state index contributed by atoms with van der Waals surface area (Å²) in [4.78, 5) is 34.6. The van der Waals surface area contributed by atoms with Crippen LogP contribution in [0.25, 0.3) is 11.4 Å². The van der Waals surface area contributed by atoms with Gasteiger partial charge in [0.05, 0.1) is 18.0 Å². The summed E-state index contributed by atoms with van der Waals surface area (Å²) in [6, 6.07) is 5.31. The molecule has 3 aliphatic rings. The summed E-state index contributed by atoms with van der Waals surface area (Å²) in [5.74, 6) is 0.974. The Morgan fingerprint density at radius 2 is 1.97 bits per heavy atom. The van der Waals surface area contributed by atoms with Crippen LogP contribution in [0.3, 0.4) is 0 Å². The van der Waals surface area contributed by atoms with Crippen LogP contribution in [0.15, 0.2) is 36.8 Å². The second-order valence-corrected chi connectivity index (χ2v) is 8.43. The van der Waals surface area contributed by atoms with Crippen LogP contribution in [0, 0.1) is 17.2 Å². The van der Waals surface area contributed by atoms with Crippen LogP contribution in [0.5, 0.6) is 0 Å². The average molecular weight is 493 g/mol. The molecule has 36 heavy (non-hydrogen) atoms. The molecule has 2 aromatic rings. The summed E-state index contributed by atoms with van der Waals surface area (Å²) in [7, 11) is 1.82. The van der Waals surface area contributed by atoms with Crippen LogP contribution < -0.4 is 4.90 Å². The van der Waals surface area contributed by atoms with Gasteiger partial charge >= 0.3 is 6.18 Å². The second-order valence-electron chi connectivity index (χ2n) is 8.43. The first kappa shape index (κ1) is 23.3. The molecule has 1 aliphatic carbocycles. The smallest absolute Gasteiger partial charge is 0.335 e. The van der Waals surface area contributed by atoms with Crippen LogP contribution in [0.4, 0.5) is 19.1 Å². The molecule has 10 nitrogen and oxygen atoms in total. The van der Waals surface area contributed by atoms with Crippen LogP contribution in [0.1, 0.15) is 52.1 Å². The first-order valence-corrected chi connectivity index (χ1v) is 11.0. The predicted octanol–water partition coefficient (Wildman–Crippen LogP) is 3.39. The zero-order valence-corrected chi connectivity index (χ0v) is 18.9. The quantitative estimate of drug-likeness (QED) is 0.384. The lowest BCUT2D eigenvalue weighted by Crippen LogP contribution is -2.30. The zero-order chi connectivity index (χ0) is 25.4. The summed E-state index contributed by atoms with van der Waals surface area (Å²) in [6.45, 7) is 0. The van der Waals surface area contributed by atoms with Gasteiger partial charge in [-0.3, -0.25) is 9.78 Å². The Labute approximate surface area is 202 Å². The lowest BCUT2D eigenvalue weighted by atomic mass is 10.0. The van der Waals surface area contributed by atoms with Crippen molar-refractivity contribution in [1.29, 1.82) is 5.26 Å². The number of alkyl halides is 3. The van der Waals surface area contributed by atoms with Crippen molar-refractivity contribution in [3.05, 3.63) is 65.3 Å². The molecule has 0 radical (unpaired) electrons. The van der Waals surface area contributed by atoms with E-state index in [1.54, 1.807) is 18.5 Å². The molecule has 0 spiro atoms. The molecule has 13 heteroatoms. The fourth-order valence-electron chi connectivity index (χ4n) is 4.06. The second kappa shape index (κ2) is 8.95. The monoisotopic (exact) mass is 493 g/mol. The first-order chi connectivity index (χ1) is 17.3. The van der Waals surface area contributed by atoms with Crippen molar-refractivity contribution in [2.45, 2.75) is 31.5 Å². The van der Waals surface area contributed by atoms with E-state index < -0.39 is 17.7 Å². The standard InChI is InChI=1S/C23H18F3N9O/c1-35(19(12-3-4-12)21-28-7-2-8-29-21)22-31-14(18-15(10-27)33-34-20(18)32-22)9-16(36)13-5-6-17(30-11-13)23(24,25)26/h2,5-8,11-12,19H,3-4,9H2,1H3,(H,31,32,33,34). The molecular formula is C23H18F3N9O. The largest absolute Gasteiger partial charge is 0.433 e. The van der Waals surface area contributed by atoms with Gasteiger partial charge in [0.15, 0.2) is 23.1 Å². The number of nitrogens with zero attached hydrogens (tertiary/aromatic N) is 8. The van der Waals surface area contributed by atoms with Crippen LogP contribution >= 0.6 is 0 Å². The summed E-state index contributed by atoms with van der Waals surface area (Å²) in [5, 5.41) is 17.3. The van der Waals surface area contributed by atoms with Gasteiger partial charge in [-0.1, -0.05) is 0 Å². The third-order valence-electron chi connectivity index (χ3n) is 5.97. The number of carbonyl (C=O) groups excluding carboxylic acids is 1. The Bertz CT molecular complexity index is 1410. The van der Waals surface area contributed by atoms with Gasteiger partial charge in [-0.2, -0.15) is 23.4 Å². The number of hydrogen-bond donors (Lipinski definition) is 1. The Morgan fingerprint density at radius 1 is 1.22 bits per heavy atom. The number of ketones is 1. The number of aromatic amines is 1. The number of nitriles is 1. The van der Waals surface area contributed by atoms with Gasteiger partial charge in [-0.05, 0) is 37.0 Å². The number of halogens is 3. The maximum absolute atomic E-state index is 13.0. The summed E-state index contributed by atoms with van der Waals surface area (Å²) < 4.78 is 38.5. The van der Waals surface area contributed by atoms with Crippen LogP contribution in [-0.2, 0) is 12.6 Å². The number of nitrogens with one attached hydrogen (secondary N) is 1. The van der Waals surface area contributed by atoms with Crippen molar-refractivity contribution in [2.24, 2.45) is 5.92 Å². The fraction of sp³-hybridized carbons (Fsp3) is 0.304. The van der Waals surface area contributed by atoms with Crippen molar-refractivity contribution in [2.75, 3.05) is 11.9 Å². The maximum atomic E-state index is 13.0. The first-order valence-electron chi connectivity index (χ1n) is 11.0. The third kappa shape index (κ3) is 4.45.